The molecule has 3 heterocycles. The van der Waals surface area contributed by atoms with Gasteiger partial charge in [-0.25, -0.2) is 12.8 Å². The van der Waals surface area contributed by atoms with Gasteiger partial charge in [0.1, 0.15) is 11.6 Å². The number of nitrogens with zero attached hydrogens (tertiary/aromatic N) is 2. The van der Waals surface area contributed by atoms with Crippen LogP contribution in [0.3, 0.4) is 0 Å². The Labute approximate surface area is 198 Å². The lowest BCUT2D eigenvalue weighted by atomic mass is 9.84. The van der Waals surface area contributed by atoms with E-state index in [9.17, 15) is 30.8 Å². The van der Waals surface area contributed by atoms with Crippen molar-refractivity contribution >= 4 is 10.0 Å². The first kappa shape index (κ1) is 23.6. The fraction of sp³-hybridized carbons (Fsp3) is 0.292. The van der Waals surface area contributed by atoms with Crippen molar-refractivity contribution in [2.75, 3.05) is 13.1 Å². The highest BCUT2D eigenvalue weighted by atomic mass is 32.2. The Bertz CT molecular complexity index is 1420. The Morgan fingerprint density at radius 1 is 0.886 bits per heavy atom. The number of aromatic nitrogens is 1. The number of hydrogen-bond donors (Lipinski definition) is 0. The minimum Gasteiger partial charge on any atom is -0.406 e. The van der Waals surface area contributed by atoms with E-state index in [1.165, 1.54) is 28.6 Å². The van der Waals surface area contributed by atoms with E-state index in [4.69, 9.17) is 0 Å². The topological polar surface area (TPSA) is 68.6 Å². The number of ether oxygens (including phenoxy) is 1. The molecule has 0 amide bonds. The number of sulfonamides is 1. The molecule has 1 aromatic heterocycles. The summed E-state index contributed by atoms with van der Waals surface area (Å²) in [5.74, 6) is -1.18. The van der Waals surface area contributed by atoms with Crippen LogP contribution >= 0.6 is 0 Å². The molecular formula is C24H20F4N2O4S. The van der Waals surface area contributed by atoms with Gasteiger partial charge in [-0.1, -0.05) is 12.1 Å². The summed E-state index contributed by atoms with van der Waals surface area (Å²) >= 11 is 0. The van der Waals surface area contributed by atoms with E-state index < -0.39 is 22.2 Å². The van der Waals surface area contributed by atoms with Crippen molar-refractivity contribution in [3.8, 4) is 16.9 Å². The molecule has 2 atom stereocenters. The minimum absolute atomic E-state index is 0.0181. The fourth-order valence-electron chi connectivity index (χ4n) is 4.91. The lowest BCUT2D eigenvalue weighted by molar-refractivity contribution is -0.274. The molecule has 2 aliphatic heterocycles. The third kappa shape index (κ3) is 4.57. The van der Waals surface area contributed by atoms with Crippen molar-refractivity contribution in [3.63, 3.8) is 0 Å². The number of hydrogen-bond acceptors (Lipinski definition) is 4. The molecule has 35 heavy (non-hydrogen) atoms. The zero-order chi connectivity index (χ0) is 25.0. The van der Waals surface area contributed by atoms with Gasteiger partial charge in [0.25, 0.3) is 5.56 Å². The van der Waals surface area contributed by atoms with Crippen LogP contribution in [0.5, 0.6) is 5.75 Å². The largest absolute Gasteiger partial charge is 0.573 e. The van der Waals surface area contributed by atoms with E-state index in [1.807, 2.05) is 0 Å². The molecule has 0 saturated carbocycles. The molecule has 0 aliphatic carbocycles. The number of pyridine rings is 1. The van der Waals surface area contributed by atoms with Gasteiger partial charge in [0, 0.05) is 36.8 Å². The molecule has 2 bridgehead atoms. The van der Waals surface area contributed by atoms with E-state index in [1.54, 1.807) is 16.7 Å². The first-order valence-corrected chi connectivity index (χ1v) is 12.3. The maximum atomic E-state index is 13.3. The summed E-state index contributed by atoms with van der Waals surface area (Å²) in [5, 5.41) is 0. The quantitative estimate of drug-likeness (QED) is 0.491. The van der Waals surface area contributed by atoms with Crippen LogP contribution < -0.4 is 10.3 Å². The Morgan fingerprint density at radius 3 is 2.23 bits per heavy atom. The first-order valence-electron chi connectivity index (χ1n) is 10.9. The molecule has 1 saturated heterocycles. The standard InChI is InChI=1S/C24H20F4N2O4S/c25-18-3-7-20(8-4-18)35(32,33)29-12-15-11-17(14-29)22-10-9-21(23(31)30(22)13-15)16-1-5-19(6-2-16)34-24(26,27)28/h1-10,15,17H,11-14H2/t15-,17+/m0/s1. The van der Waals surface area contributed by atoms with E-state index >= 15 is 0 Å². The number of fused-ring (bicyclic) bond motifs is 4. The maximum Gasteiger partial charge on any atom is 0.573 e. The number of benzene rings is 2. The van der Waals surface area contributed by atoms with E-state index in [0.717, 1.165) is 30.7 Å². The van der Waals surface area contributed by atoms with Crippen LogP contribution in [0.2, 0.25) is 0 Å². The number of piperidine rings is 1. The highest BCUT2D eigenvalue weighted by Crippen LogP contribution is 2.38. The second-order valence-electron chi connectivity index (χ2n) is 8.73. The van der Waals surface area contributed by atoms with Crippen LogP contribution in [0.15, 0.2) is 70.4 Å². The average molecular weight is 508 g/mol. The van der Waals surface area contributed by atoms with Crippen LogP contribution in [-0.2, 0) is 16.6 Å². The normalized spacial score (nSPS) is 20.3. The van der Waals surface area contributed by atoms with Crippen molar-refractivity contribution in [2.45, 2.75) is 30.1 Å². The summed E-state index contributed by atoms with van der Waals surface area (Å²) in [6.45, 7) is 0.748. The molecule has 3 aromatic rings. The van der Waals surface area contributed by atoms with Crippen LogP contribution in [0.1, 0.15) is 18.0 Å². The molecule has 184 valence electrons. The molecule has 1 fully saturated rings. The second-order valence-corrected chi connectivity index (χ2v) is 10.7. The summed E-state index contributed by atoms with van der Waals surface area (Å²) in [4.78, 5) is 13.3. The molecule has 0 unspecified atom stereocenters. The van der Waals surface area contributed by atoms with Gasteiger partial charge in [-0.05, 0) is 66.4 Å². The van der Waals surface area contributed by atoms with Crippen molar-refractivity contribution in [1.82, 2.24) is 8.87 Å². The summed E-state index contributed by atoms with van der Waals surface area (Å²) in [7, 11) is -3.81. The highest BCUT2D eigenvalue weighted by Gasteiger charge is 2.40. The third-order valence-corrected chi connectivity index (χ3v) is 8.27. The van der Waals surface area contributed by atoms with Gasteiger partial charge >= 0.3 is 6.36 Å². The summed E-state index contributed by atoms with van der Waals surface area (Å²) in [6.07, 6.45) is -4.07. The Balaban J connectivity index is 1.42. The molecule has 2 aliphatic rings. The smallest absolute Gasteiger partial charge is 0.406 e. The van der Waals surface area contributed by atoms with Gasteiger partial charge in [0.15, 0.2) is 0 Å². The maximum absolute atomic E-state index is 13.3. The number of halogens is 4. The van der Waals surface area contributed by atoms with Gasteiger partial charge in [-0.3, -0.25) is 4.79 Å². The van der Waals surface area contributed by atoms with Crippen molar-refractivity contribution in [2.24, 2.45) is 5.92 Å². The Kier molecular flexibility index (Phi) is 5.71. The van der Waals surface area contributed by atoms with Crippen molar-refractivity contribution < 1.29 is 30.7 Å². The monoisotopic (exact) mass is 508 g/mol. The average Bonchev–Trinajstić information content (AvgIpc) is 2.80. The number of alkyl halides is 3. The number of rotatable bonds is 4. The molecule has 0 spiro atoms. The van der Waals surface area contributed by atoms with Crippen molar-refractivity contribution in [3.05, 3.63) is 82.5 Å². The minimum atomic E-state index is -4.80. The highest BCUT2D eigenvalue weighted by molar-refractivity contribution is 7.89. The van der Waals surface area contributed by atoms with Gasteiger partial charge in [-0.15, -0.1) is 13.2 Å². The van der Waals surface area contributed by atoms with Crippen LogP contribution in [0, 0.1) is 11.7 Å². The lowest BCUT2D eigenvalue weighted by Gasteiger charge is -2.42. The van der Waals surface area contributed by atoms with E-state index in [2.05, 4.69) is 4.74 Å². The Morgan fingerprint density at radius 2 is 1.57 bits per heavy atom. The summed E-state index contributed by atoms with van der Waals surface area (Å²) in [6, 6.07) is 13.2. The summed E-state index contributed by atoms with van der Waals surface area (Å²) in [5.41, 5.74) is 1.22. The predicted molar refractivity (Wildman–Crippen MR) is 119 cm³/mol. The molecular weight excluding hydrogens is 488 g/mol. The fourth-order valence-corrected chi connectivity index (χ4v) is 6.47. The zero-order valence-electron chi connectivity index (χ0n) is 18.2. The Hall–Kier alpha value is -3.18. The predicted octanol–water partition coefficient (Wildman–Crippen LogP) is 4.36. The SMILES string of the molecule is O=c1c(-c2ccc(OC(F)(F)F)cc2)ccc2n1C[C@H]1C[C@@H]2CN(S(=O)(=O)c2ccc(F)cc2)C1. The molecule has 0 N–H and O–H groups in total. The molecule has 6 nitrogen and oxygen atoms in total. The van der Waals surface area contributed by atoms with Gasteiger partial charge in [0.05, 0.1) is 4.90 Å². The van der Waals surface area contributed by atoms with Gasteiger partial charge in [-0.2, -0.15) is 4.31 Å². The van der Waals surface area contributed by atoms with Crippen LogP contribution in [0.4, 0.5) is 17.6 Å². The van der Waals surface area contributed by atoms with Crippen LogP contribution in [0.25, 0.3) is 11.1 Å². The summed E-state index contributed by atoms with van der Waals surface area (Å²) < 4.78 is 83.6. The lowest BCUT2D eigenvalue weighted by Crippen LogP contribution is -2.49. The van der Waals surface area contributed by atoms with Gasteiger partial charge < -0.3 is 9.30 Å². The zero-order valence-corrected chi connectivity index (χ0v) is 19.0. The molecule has 5 rings (SSSR count). The third-order valence-electron chi connectivity index (χ3n) is 6.42. The first-order chi connectivity index (χ1) is 16.5. The van der Waals surface area contributed by atoms with Crippen molar-refractivity contribution in [1.29, 1.82) is 0 Å². The van der Waals surface area contributed by atoms with E-state index in [-0.39, 0.29) is 41.1 Å². The second kappa shape index (κ2) is 8.49. The molecule has 11 heteroatoms. The van der Waals surface area contributed by atoms with Crippen LogP contribution in [-0.4, -0.2) is 36.7 Å². The van der Waals surface area contributed by atoms with E-state index in [0.29, 0.717) is 23.4 Å². The molecule has 2 aromatic carbocycles. The molecule has 0 radical (unpaired) electrons. The van der Waals surface area contributed by atoms with Gasteiger partial charge in [0.2, 0.25) is 10.0 Å².